The second kappa shape index (κ2) is 4.10. The molecule has 0 aliphatic carbocycles. The molecule has 2 rings (SSSR count). The molecule has 0 aliphatic rings. The molecule has 5 heteroatoms. The summed E-state index contributed by atoms with van der Waals surface area (Å²) in [6, 6.07) is 5.58. The van der Waals surface area contributed by atoms with Gasteiger partial charge in [0.2, 0.25) is 5.95 Å². The van der Waals surface area contributed by atoms with E-state index >= 15 is 0 Å². The van der Waals surface area contributed by atoms with Crippen molar-refractivity contribution in [3.8, 4) is 5.75 Å². The van der Waals surface area contributed by atoms with E-state index in [0.29, 0.717) is 11.3 Å². The van der Waals surface area contributed by atoms with Crippen molar-refractivity contribution in [1.29, 1.82) is 0 Å². The third-order valence-corrected chi connectivity index (χ3v) is 1.92. The van der Waals surface area contributed by atoms with Crippen molar-refractivity contribution in [2.24, 2.45) is 0 Å². The van der Waals surface area contributed by atoms with E-state index in [-0.39, 0.29) is 12.7 Å². The monoisotopic (exact) mass is 205 g/mol. The molecule has 78 valence electrons. The van der Waals surface area contributed by atoms with Gasteiger partial charge in [0.05, 0.1) is 0 Å². The van der Waals surface area contributed by atoms with Crippen LogP contribution in [0.4, 0.5) is 5.95 Å². The molecular weight excluding hydrogens is 194 g/mol. The van der Waals surface area contributed by atoms with Gasteiger partial charge < -0.3 is 15.2 Å². The van der Waals surface area contributed by atoms with E-state index in [1.807, 2.05) is 18.2 Å². The summed E-state index contributed by atoms with van der Waals surface area (Å²) in [4.78, 5) is 8.02. The number of nitrogen functional groups attached to an aromatic ring is 1. The van der Waals surface area contributed by atoms with E-state index in [2.05, 4.69) is 9.97 Å². The van der Waals surface area contributed by atoms with Gasteiger partial charge in [0, 0.05) is 18.7 Å². The van der Waals surface area contributed by atoms with Crippen molar-refractivity contribution in [1.82, 2.24) is 9.97 Å². The molecule has 1 heterocycles. The average molecular weight is 205 g/mol. The van der Waals surface area contributed by atoms with Crippen LogP contribution in [-0.4, -0.2) is 23.9 Å². The lowest BCUT2D eigenvalue weighted by atomic mass is 10.2. The number of fused-ring (bicyclic) bond motifs is 1. The number of nitrogens with two attached hydrogens (primary N) is 1. The molecular formula is C10H11N3O2. The summed E-state index contributed by atoms with van der Waals surface area (Å²) in [5, 5.41) is 0.887. The Morgan fingerprint density at radius 3 is 3.07 bits per heavy atom. The highest BCUT2D eigenvalue weighted by Gasteiger charge is 2.04. The van der Waals surface area contributed by atoms with Crippen LogP contribution >= 0.6 is 0 Å². The number of aromatic nitrogens is 2. The summed E-state index contributed by atoms with van der Waals surface area (Å²) < 4.78 is 10.2. The van der Waals surface area contributed by atoms with Crippen LogP contribution in [0, 0.1) is 0 Å². The number of nitrogens with zero attached hydrogens (tertiary/aromatic N) is 2. The van der Waals surface area contributed by atoms with Gasteiger partial charge in [0.1, 0.15) is 11.3 Å². The Morgan fingerprint density at radius 1 is 1.40 bits per heavy atom. The molecule has 0 amide bonds. The number of rotatable bonds is 3. The Kier molecular flexibility index (Phi) is 2.64. The molecule has 0 saturated heterocycles. The van der Waals surface area contributed by atoms with Crippen molar-refractivity contribution < 1.29 is 9.47 Å². The second-order valence-electron chi connectivity index (χ2n) is 2.97. The molecule has 0 fully saturated rings. The first-order valence-corrected chi connectivity index (χ1v) is 4.44. The van der Waals surface area contributed by atoms with Crippen LogP contribution in [0.3, 0.4) is 0 Å². The number of benzene rings is 1. The van der Waals surface area contributed by atoms with E-state index in [9.17, 15) is 0 Å². The van der Waals surface area contributed by atoms with Crippen LogP contribution in [0.15, 0.2) is 24.4 Å². The van der Waals surface area contributed by atoms with E-state index < -0.39 is 0 Å². The minimum absolute atomic E-state index is 0.184. The number of anilines is 1. The molecule has 0 saturated carbocycles. The highest BCUT2D eigenvalue weighted by atomic mass is 16.7. The van der Waals surface area contributed by atoms with Gasteiger partial charge in [-0.05, 0) is 6.07 Å². The maximum absolute atomic E-state index is 5.51. The van der Waals surface area contributed by atoms with Gasteiger partial charge in [-0.15, -0.1) is 0 Å². The quantitative estimate of drug-likeness (QED) is 0.762. The van der Waals surface area contributed by atoms with Crippen molar-refractivity contribution in [2.45, 2.75) is 0 Å². The van der Waals surface area contributed by atoms with E-state index in [4.69, 9.17) is 15.2 Å². The minimum Gasteiger partial charge on any atom is -0.465 e. The highest BCUT2D eigenvalue weighted by molar-refractivity contribution is 5.84. The number of ether oxygens (including phenoxy) is 2. The minimum atomic E-state index is 0.184. The van der Waals surface area contributed by atoms with Crippen LogP contribution in [-0.2, 0) is 4.74 Å². The topological polar surface area (TPSA) is 70.3 Å². The van der Waals surface area contributed by atoms with Gasteiger partial charge >= 0.3 is 0 Å². The second-order valence-corrected chi connectivity index (χ2v) is 2.97. The molecule has 15 heavy (non-hydrogen) atoms. The lowest BCUT2D eigenvalue weighted by molar-refractivity contribution is 0.0521. The van der Waals surface area contributed by atoms with Crippen molar-refractivity contribution in [3.05, 3.63) is 24.4 Å². The molecule has 0 unspecified atom stereocenters. The fraction of sp³-hybridized carbons (Fsp3) is 0.200. The van der Waals surface area contributed by atoms with E-state index in [0.717, 1.165) is 5.39 Å². The summed E-state index contributed by atoms with van der Waals surface area (Å²) in [5.41, 5.74) is 6.21. The maximum atomic E-state index is 5.51. The fourth-order valence-electron chi connectivity index (χ4n) is 1.28. The lowest BCUT2D eigenvalue weighted by Crippen LogP contribution is -2.01. The largest absolute Gasteiger partial charge is 0.465 e. The highest BCUT2D eigenvalue weighted by Crippen LogP contribution is 2.23. The summed E-state index contributed by atoms with van der Waals surface area (Å²) in [6.07, 6.45) is 1.66. The molecule has 1 aromatic heterocycles. The predicted octanol–water partition coefficient (Wildman–Crippen LogP) is 1.19. The molecule has 0 bridgehead atoms. The molecule has 0 aliphatic heterocycles. The first-order valence-electron chi connectivity index (χ1n) is 4.44. The summed E-state index contributed by atoms with van der Waals surface area (Å²) >= 11 is 0. The Balaban J connectivity index is 2.48. The van der Waals surface area contributed by atoms with Crippen LogP contribution in [0.25, 0.3) is 10.9 Å². The van der Waals surface area contributed by atoms with E-state index in [1.54, 1.807) is 13.3 Å². The molecule has 0 atom stereocenters. The van der Waals surface area contributed by atoms with Crippen molar-refractivity contribution >= 4 is 16.9 Å². The van der Waals surface area contributed by atoms with Gasteiger partial charge in [-0.1, -0.05) is 12.1 Å². The van der Waals surface area contributed by atoms with Crippen LogP contribution in [0.2, 0.25) is 0 Å². The van der Waals surface area contributed by atoms with Crippen LogP contribution in [0.5, 0.6) is 5.75 Å². The Hall–Kier alpha value is -1.88. The van der Waals surface area contributed by atoms with Crippen molar-refractivity contribution in [2.75, 3.05) is 19.6 Å². The molecule has 5 nitrogen and oxygen atoms in total. The molecule has 1 aromatic carbocycles. The Labute approximate surface area is 86.8 Å². The van der Waals surface area contributed by atoms with Crippen molar-refractivity contribution in [3.63, 3.8) is 0 Å². The first kappa shape index (κ1) is 9.67. The third kappa shape index (κ3) is 1.97. The maximum Gasteiger partial charge on any atom is 0.220 e. The summed E-state index contributed by atoms with van der Waals surface area (Å²) in [6.45, 7) is 0.184. The molecule has 2 N–H and O–H groups in total. The van der Waals surface area contributed by atoms with Gasteiger partial charge in [0.25, 0.3) is 0 Å². The normalized spacial score (nSPS) is 10.5. The predicted molar refractivity (Wildman–Crippen MR) is 56.5 cm³/mol. The standard InChI is InChI=1S/C10H11N3O2/c1-14-6-15-8-4-2-3-7-5-12-10(11)13-9(7)8/h2-5H,6H2,1H3,(H2,11,12,13). The zero-order valence-corrected chi connectivity index (χ0v) is 8.30. The summed E-state index contributed by atoms with van der Waals surface area (Å²) in [5.74, 6) is 0.874. The smallest absolute Gasteiger partial charge is 0.220 e. The zero-order valence-electron chi connectivity index (χ0n) is 8.30. The molecule has 0 spiro atoms. The fourth-order valence-corrected chi connectivity index (χ4v) is 1.28. The SMILES string of the molecule is COCOc1cccc2cnc(N)nc12. The van der Waals surface area contributed by atoms with Gasteiger partial charge in [-0.3, -0.25) is 0 Å². The van der Waals surface area contributed by atoms with Crippen LogP contribution in [0.1, 0.15) is 0 Å². The number of hydrogen-bond acceptors (Lipinski definition) is 5. The van der Waals surface area contributed by atoms with Gasteiger partial charge in [-0.25, -0.2) is 9.97 Å². The van der Waals surface area contributed by atoms with Gasteiger partial charge in [0.15, 0.2) is 6.79 Å². The number of methoxy groups -OCH3 is 1. The lowest BCUT2D eigenvalue weighted by Gasteiger charge is -2.07. The zero-order chi connectivity index (χ0) is 10.7. The Bertz CT molecular complexity index is 473. The first-order chi connectivity index (χ1) is 7.31. The van der Waals surface area contributed by atoms with Crippen LogP contribution < -0.4 is 10.5 Å². The molecule has 0 radical (unpaired) electrons. The number of hydrogen-bond donors (Lipinski definition) is 1. The Morgan fingerprint density at radius 2 is 2.27 bits per heavy atom. The number of para-hydroxylation sites is 1. The average Bonchev–Trinajstić information content (AvgIpc) is 2.26. The summed E-state index contributed by atoms with van der Waals surface area (Å²) in [7, 11) is 1.56. The van der Waals surface area contributed by atoms with E-state index in [1.165, 1.54) is 0 Å². The van der Waals surface area contributed by atoms with Gasteiger partial charge in [-0.2, -0.15) is 0 Å². The molecule has 2 aromatic rings. The third-order valence-electron chi connectivity index (χ3n) is 1.92.